The molecule has 0 atom stereocenters. The maximum Gasteiger partial charge on any atom is 0.264 e. The summed E-state index contributed by atoms with van der Waals surface area (Å²) in [6.45, 7) is 0. The first-order chi connectivity index (χ1) is 18.8. The van der Waals surface area contributed by atoms with Gasteiger partial charge in [-0.2, -0.15) is 10.5 Å². The van der Waals surface area contributed by atoms with E-state index in [0.717, 1.165) is 0 Å². The fourth-order valence-corrected chi connectivity index (χ4v) is 5.40. The Balaban J connectivity index is 1.41. The van der Waals surface area contributed by atoms with E-state index in [2.05, 4.69) is 31.1 Å². The van der Waals surface area contributed by atoms with Gasteiger partial charge in [0.1, 0.15) is 28.5 Å². The molecule has 0 saturated heterocycles. The molecule has 2 heterocycles. The number of sulfonamides is 1. The number of carbonyl (C=O) groups is 1. The summed E-state index contributed by atoms with van der Waals surface area (Å²) in [6, 6.07) is 20.3. The lowest BCUT2D eigenvalue weighted by molar-refractivity contribution is -0.115. The van der Waals surface area contributed by atoms with E-state index in [1.807, 2.05) is 12.1 Å². The fraction of sp³-hybridized carbons (Fsp3) is 0.0769. The molecule has 194 valence electrons. The van der Waals surface area contributed by atoms with E-state index in [9.17, 15) is 23.7 Å². The number of nitrogens with zero attached hydrogens (tertiary/aromatic N) is 5. The molecule has 4 aromatic rings. The van der Waals surface area contributed by atoms with Gasteiger partial charge in [0.25, 0.3) is 10.0 Å². The van der Waals surface area contributed by atoms with Crippen LogP contribution in [0.1, 0.15) is 17.5 Å². The molecule has 1 amide bonds. The predicted octanol–water partition coefficient (Wildman–Crippen LogP) is 3.79. The first kappa shape index (κ1) is 27.1. The molecule has 0 unspecified atom stereocenters. The van der Waals surface area contributed by atoms with Crippen molar-refractivity contribution in [1.82, 2.24) is 15.0 Å². The maximum atomic E-state index is 12.5. The third-order valence-electron chi connectivity index (χ3n) is 5.29. The second-order valence-electron chi connectivity index (χ2n) is 7.87. The molecule has 39 heavy (non-hydrogen) atoms. The first-order valence-electron chi connectivity index (χ1n) is 11.3. The van der Waals surface area contributed by atoms with Crippen LogP contribution < -0.4 is 15.8 Å². The number of hydrogen-bond donors (Lipinski definition) is 3. The van der Waals surface area contributed by atoms with E-state index < -0.39 is 10.0 Å². The number of pyridine rings is 1. The van der Waals surface area contributed by atoms with Gasteiger partial charge in [0.2, 0.25) is 11.9 Å². The SMILES string of the molecule is N#Cc1c(N)nc(SCCC(=O)Nc2ccc(S(=O)(=O)Nc3ncccn3)cc2)c(C#N)c1-c1ccccc1. The summed E-state index contributed by atoms with van der Waals surface area (Å²) in [4.78, 5) is 24.4. The van der Waals surface area contributed by atoms with Crippen LogP contribution in [0.5, 0.6) is 0 Å². The summed E-state index contributed by atoms with van der Waals surface area (Å²) >= 11 is 1.18. The topological polar surface area (TPSA) is 188 Å². The van der Waals surface area contributed by atoms with Crippen LogP contribution >= 0.6 is 11.8 Å². The molecule has 2 aromatic heterocycles. The average molecular weight is 557 g/mol. The lowest BCUT2D eigenvalue weighted by atomic mass is 9.97. The Kier molecular flexibility index (Phi) is 8.36. The minimum absolute atomic E-state index is 0.00524. The summed E-state index contributed by atoms with van der Waals surface area (Å²) in [7, 11) is -3.90. The van der Waals surface area contributed by atoms with E-state index in [-0.39, 0.29) is 45.9 Å². The van der Waals surface area contributed by atoms with Gasteiger partial charge in [-0.05, 0) is 35.9 Å². The molecule has 0 aliphatic rings. The van der Waals surface area contributed by atoms with Crippen LogP contribution in [0, 0.1) is 22.7 Å². The van der Waals surface area contributed by atoms with Crippen LogP contribution in [-0.4, -0.2) is 35.0 Å². The monoisotopic (exact) mass is 556 g/mol. The third kappa shape index (κ3) is 6.48. The lowest BCUT2D eigenvalue weighted by Gasteiger charge is -2.13. The van der Waals surface area contributed by atoms with Gasteiger partial charge < -0.3 is 11.1 Å². The number of anilines is 3. The van der Waals surface area contributed by atoms with E-state index >= 15 is 0 Å². The Morgan fingerprint density at radius 1 is 0.949 bits per heavy atom. The number of hydrogen-bond acceptors (Lipinski definition) is 10. The first-order valence-corrected chi connectivity index (χ1v) is 13.8. The molecule has 0 bridgehead atoms. The molecule has 13 heteroatoms. The molecule has 4 N–H and O–H groups in total. The van der Waals surface area contributed by atoms with Crippen molar-refractivity contribution < 1.29 is 13.2 Å². The fourth-order valence-electron chi connectivity index (χ4n) is 3.51. The van der Waals surface area contributed by atoms with Crippen LogP contribution in [0.2, 0.25) is 0 Å². The number of amides is 1. The largest absolute Gasteiger partial charge is 0.383 e. The highest BCUT2D eigenvalue weighted by atomic mass is 32.2. The van der Waals surface area contributed by atoms with E-state index in [1.165, 1.54) is 48.4 Å². The molecular weight excluding hydrogens is 536 g/mol. The molecule has 0 radical (unpaired) electrons. The van der Waals surface area contributed by atoms with Crippen molar-refractivity contribution in [3.8, 4) is 23.3 Å². The van der Waals surface area contributed by atoms with Gasteiger partial charge in [0.05, 0.1) is 10.5 Å². The summed E-state index contributed by atoms with van der Waals surface area (Å²) in [5, 5.41) is 22.5. The standard InChI is InChI=1S/C26H20N8O3S2/c27-15-20-23(17-5-2-1-3-6-17)21(16-28)25(33-24(20)29)38-14-11-22(35)32-18-7-9-19(10-8-18)39(36,37)34-26-30-12-4-13-31-26/h1-10,12-13H,11,14H2,(H2,29,33)(H,32,35)(H,30,31,34). The predicted molar refractivity (Wildman–Crippen MR) is 147 cm³/mol. The molecule has 0 spiro atoms. The zero-order valence-corrected chi connectivity index (χ0v) is 21.8. The molecule has 0 saturated carbocycles. The summed E-state index contributed by atoms with van der Waals surface area (Å²) in [5.74, 6) is -0.0927. The average Bonchev–Trinajstić information content (AvgIpc) is 2.94. The van der Waals surface area contributed by atoms with E-state index in [1.54, 1.807) is 30.3 Å². The van der Waals surface area contributed by atoms with Gasteiger partial charge in [-0.15, -0.1) is 11.8 Å². The van der Waals surface area contributed by atoms with Crippen molar-refractivity contribution in [3.63, 3.8) is 0 Å². The molecule has 0 fully saturated rings. The normalized spacial score (nSPS) is 10.7. The van der Waals surface area contributed by atoms with Gasteiger partial charge in [0.15, 0.2) is 0 Å². The number of nitriles is 2. The Hall–Kier alpha value is -4.98. The van der Waals surface area contributed by atoms with E-state index in [4.69, 9.17) is 5.73 Å². The van der Waals surface area contributed by atoms with Crippen molar-refractivity contribution in [1.29, 1.82) is 10.5 Å². The number of benzene rings is 2. The summed E-state index contributed by atoms with van der Waals surface area (Å²) in [6.07, 6.45) is 2.90. The molecule has 0 aliphatic carbocycles. The molecule has 11 nitrogen and oxygen atoms in total. The highest BCUT2D eigenvalue weighted by Crippen LogP contribution is 2.35. The van der Waals surface area contributed by atoms with Gasteiger partial charge in [0, 0.05) is 35.8 Å². The van der Waals surface area contributed by atoms with Crippen LogP contribution in [-0.2, 0) is 14.8 Å². The van der Waals surface area contributed by atoms with Crippen molar-refractivity contribution in [2.75, 3.05) is 21.5 Å². The quantitative estimate of drug-likeness (QED) is 0.256. The Labute approximate surface area is 228 Å². The number of aromatic nitrogens is 3. The maximum absolute atomic E-state index is 12.5. The number of nitrogens with one attached hydrogen (secondary N) is 2. The zero-order valence-electron chi connectivity index (χ0n) is 20.2. The van der Waals surface area contributed by atoms with Crippen LogP contribution in [0.25, 0.3) is 11.1 Å². The Bertz CT molecular complexity index is 1680. The number of carbonyl (C=O) groups excluding carboxylic acids is 1. The lowest BCUT2D eigenvalue weighted by Crippen LogP contribution is -2.15. The second kappa shape index (κ2) is 12.0. The van der Waals surface area contributed by atoms with Gasteiger partial charge in [-0.25, -0.2) is 28.1 Å². The van der Waals surface area contributed by atoms with Crippen LogP contribution in [0.3, 0.4) is 0 Å². The van der Waals surface area contributed by atoms with Crippen LogP contribution in [0.15, 0.2) is 83.0 Å². The Morgan fingerprint density at radius 3 is 2.26 bits per heavy atom. The third-order valence-corrected chi connectivity index (χ3v) is 7.61. The van der Waals surface area contributed by atoms with E-state index in [0.29, 0.717) is 21.8 Å². The summed E-state index contributed by atoms with van der Waals surface area (Å²) < 4.78 is 27.3. The van der Waals surface area contributed by atoms with Gasteiger partial charge >= 0.3 is 0 Å². The van der Waals surface area contributed by atoms with Crippen molar-refractivity contribution in [2.45, 2.75) is 16.3 Å². The van der Waals surface area contributed by atoms with Crippen molar-refractivity contribution >= 4 is 45.1 Å². The summed E-state index contributed by atoms with van der Waals surface area (Å²) in [5.41, 5.74) is 7.83. The highest BCUT2D eigenvalue weighted by Gasteiger charge is 2.21. The smallest absolute Gasteiger partial charge is 0.264 e. The molecule has 2 aromatic carbocycles. The number of rotatable bonds is 9. The van der Waals surface area contributed by atoms with Crippen LogP contribution in [0.4, 0.5) is 17.5 Å². The Morgan fingerprint density at radius 2 is 1.62 bits per heavy atom. The second-order valence-corrected chi connectivity index (χ2v) is 10.6. The molecule has 0 aliphatic heterocycles. The van der Waals surface area contributed by atoms with Crippen molar-refractivity contribution in [3.05, 3.63) is 84.2 Å². The number of nitrogens with two attached hydrogens (primary N) is 1. The molecular formula is C26H20N8O3S2. The minimum atomic E-state index is -3.90. The minimum Gasteiger partial charge on any atom is -0.383 e. The zero-order chi connectivity index (χ0) is 27.8. The number of thioether (sulfide) groups is 1. The highest BCUT2D eigenvalue weighted by molar-refractivity contribution is 7.99. The van der Waals surface area contributed by atoms with Crippen molar-refractivity contribution in [2.24, 2.45) is 0 Å². The molecule has 4 rings (SSSR count). The van der Waals surface area contributed by atoms with Gasteiger partial charge in [-0.1, -0.05) is 30.3 Å². The number of nitrogen functional groups attached to an aromatic ring is 1. The van der Waals surface area contributed by atoms with Gasteiger partial charge in [-0.3, -0.25) is 4.79 Å².